The van der Waals surface area contributed by atoms with E-state index in [0.29, 0.717) is 12.8 Å². The second kappa shape index (κ2) is 4.24. The molecule has 3 atom stereocenters. The normalized spacial score (nSPS) is 35.7. The van der Waals surface area contributed by atoms with Crippen molar-refractivity contribution in [1.29, 1.82) is 0 Å². The van der Waals surface area contributed by atoms with Crippen LogP contribution in [-0.2, 0) is 14.3 Å². The molecule has 0 N–H and O–H groups in total. The average Bonchev–Trinajstić information content (AvgIpc) is 2.95. The Hall–Kier alpha value is -1.07. The molecule has 0 aromatic carbocycles. The molecule has 0 aromatic rings. The number of ether oxygens (including phenoxy) is 1. The van der Waals surface area contributed by atoms with Crippen molar-refractivity contribution in [2.24, 2.45) is 17.3 Å². The molecule has 6 heteroatoms. The molecular weight excluding hydrogens is 249 g/mol. The zero-order valence-corrected chi connectivity index (χ0v) is 10.0. The van der Waals surface area contributed by atoms with E-state index in [1.807, 2.05) is 0 Å². The average molecular weight is 264 g/mol. The third-order valence-corrected chi connectivity index (χ3v) is 3.95. The van der Waals surface area contributed by atoms with E-state index in [-0.39, 0.29) is 19.4 Å². The Morgan fingerprint density at radius 3 is 2.67 bits per heavy atom. The summed E-state index contributed by atoms with van der Waals surface area (Å²) in [7, 11) is 0. The van der Waals surface area contributed by atoms with Gasteiger partial charge in [-0.05, 0) is 19.8 Å². The number of esters is 1. The molecule has 0 unspecified atom stereocenters. The summed E-state index contributed by atoms with van der Waals surface area (Å²) in [5, 5.41) is 0. The third kappa shape index (κ3) is 1.82. The summed E-state index contributed by atoms with van der Waals surface area (Å²) in [5.41, 5.74) is -1.62. The fraction of sp³-hybridized carbons (Fsp3) is 0.833. The van der Waals surface area contributed by atoms with Gasteiger partial charge in [0.1, 0.15) is 5.78 Å². The largest absolute Gasteiger partial charge is 0.466 e. The quantitative estimate of drug-likeness (QED) is 0.720. The van der Waals surface area contributed by atoms with Crippen molar-refractivity contribution < 1.29 is 27.5 Å². The van der Waals surface area contributed by atoms with Gasteiger partial charge in [0.15, 0.2) is 0 Å². The van der Waals surface area contributed by atoms with Crippen molar-refractivity contribution in [3.63, 3.8) is 0 Å². The summed E-state index contributed by atoms with van der Waals surface area (Å²) in [5.74, 6) is -4.34. The number of carbonyl (C=O) groups excluding carboxylic acids is 2. The van der Waals surface area contributed by atoms with Crippen LogP contribution in [-0.4, -0.2) is 24.5 Å². The first-order valence-electron chi connectivity index (χ1n) is 6.12. The summed E-state index contributed by atoms with van der Waals surface area (Å²) >= 11 is 0. The first-order chi connectivity index (χ1) is 8.35. The van der Waals surface area contributed by atoms with Gasteiger partial charge in [-0.1, -0.05) is 6.42 Å². The minimum absolute atomic E-state index is 0.0338. The minimum atomic E-state index is -4.51. The van der Waals surface area contributed by atoms with Crippen LogP contribution in [0.5, 0.6) is 0 Å². The van der Waals surface area contributed by atoms with Crippen molar-refractivity contribution in [3.8, 4) is 0 Å². The summed E-state index contributed by atoms with van der Waals surface area (Å²) < 4.78 is 43.6. The Bertz CT molecular complexity index is 377. The van der Waals surface area contributed by atoms with Gasteiger partial charge in [0.05, 0.1) is 17.9 Å². The summed E-state index contributed by atoms with van der Waals surface area (Å²) in [6.07, 6.45) is -3.25. The maximum absolute atomic E-state index is 12.9. The Labute approximate surface area is 103 Å². The predicted octanol–water partition coefficient (Wildman–Crippen LogP) is 2.49. The van der Waals surface area contributed by atoms with E-state index in [1.54, 1.807) is 6.92 Å². The third-order valence-electron chi connectivity index (χ3n) is 3.95. The van der Waals surface area contributed by atoms with Crippen LogP contribution >= 0.6 is 0 Å². The Balaban J connectivity index is 2.33. The van der Waals surface area contributed by atoms with Crippen LogP contribution in [0.15, 0.2) is 0 Å². The topological polar surface area (TPSA) is 43.4 Å². The van der Waals surface area contributed by atoms with Crippen LogP contribution in [0.4, 0.5) is 13.2 Å². The van der Waals surface area contributed by atoms with Crippen LogP contribution in [0.25, 0.3) is 0 Å². The van der Waals surface area contributed by atoms with E-state index in [9.17, 15) is 22.8 Å². The number of ketones is 1. The molecule has 0 heterocycles. The lowest BCUT2D eigenvalue weighted by molar-refractivity contribution is -0.172. The molecule has 2 rings (SSSR count). The number of hydrogen-bond donors (Lipinski definition) is 0. The van der Waals surface area contributed by atoms with Crippen molar-refractivity contribution in [1.82, 2.24) is 0 Å². The van der Waals surface area contributed by atoms with Gasteiger partial charge in [-0.2, -0.15) is 13.2 Å². The Morgan fingerprint density at radius 1 is 1.44 bits per heavy atom. The molecule has 102 valence electrons. The fourth-order valence-corrected chi connectivity index (χ4v) is 3.20. The highest BCUT2D eigenvalue weighted by Crippen LogP contribution is 2.69. The highest BCUT2D eigenvalue weighted by Gasteiger charge is 2.81. The number of halogens is 3. The predicted molar refractivity (Wildman–Crippen MR) is 55.6 cm³/mol. The molecular formula is C12H15F3O3. The molecule has 2 fully saturated rings. The van der Waals surface area contributed by atoms with Crippen LogP contribution in [0, 0.1) is 17.3 Å². The summed E-state index contributed by atoms with van der Waals surface area (Å²) in [6, 6.07) is 0. The standard InChI is InChI=1S/C12H15F3O3/c1-2-18-10(17)11-6-4-3-5-7(16)8(11)9(11)12(13,14)15/h8-9H,2-6H2,1H3/t8-,9-,11+/m1/s1. The van der Waals surface area contributed by atoms with Crippen molar-refractivity contribution >= 4 is 11.8 Å². The lowest BCUT2D eigenvalue weighted by atomic mass is 9.95. The molecule has 2 saturated carbocycles. The van der Waals surface area contributed by atoms with E-state index in [2.05, 4.69) is 0 Å². The van der Waals surface area contributed by atoms with E-state index in [0.717, 1.165) is 0 Å². The van der Waals surface area contributed by atoms with Gasteiger partial charge in [-0.3, -0.25) is 9.59 Å². The van der Waals surface area contributed by atoms with Crippen molar-refractivity contribution in [3.05, 3.63) is 0 Å². The molecule has 0 saturated heterocycles. The van der Waals surface area contributed by atoms with Crippen molar-refractivity contribution in [2.45, 2.75) is 38.8 Å². The number of fused-ring (bicyclic) bond motifs is 1. The maximum atomic E-state index is 12.9. The smallest absolute Gasteiger partial charge is 0.393 e. The molecule has 0 spiro atoms. The Morgan fingerprint density at radius 2 is 2.11 bits per heavy atom. The highest BCUT2D eigenvalue weighted by atomic mass is 19.4. The molecule has 2 aliphatic rings. The summed E-state index contributed by atoms with van der Waals surface area (Å²) in [6.45, 7) is 1.58. The molecule has 0 bridgehead atoms. The van der Waals surface area contributed by atoms with E-state index in [4.69, 9.17) is 4.74 Å². The molecule has 0 radical (unpaired) electrons. The molecule has 0 aromatic heterocycles. The van der Waals surface area contributed by atoms with Gasteiger partial charge in [0, 0.05) is 12.3 Å². The SMILES string of the molecule is CCOC(=O)[C@@]12CCCCC(=O)[C@@H]1[C@H]2C(F)(F)F. The number of rotatable bonds is 2. The maximum Gasteiger partial charge on any atom is 0.393 e. The molecule has 0 amide bonds. The highest BCUT2D eigenvalue weighted by molar-refractivity contribution is 5.96. The second-order valence-corrected chi connectivity index (χ2v) is 4.93. The summed E-state index contributed by atoms with van der Waals surface area (Å²) in [4.78, 5) is 23.6. The van der Waals surface area contributed by atoms with Gasteiger partial charge in [0.2, 0.25) is 0 Å². The molecule has 3 nitrogen and oxygen atoms in total. The van der Waals surface area contributed by atoms with E-state index < -0.39 is 35.2 Å². The molecule has 0 aliphatic heterocycles. The minimum Gasteiger partial charge on any atom is -0.466 e. The lowest BCUT2D eigenvalue weighted by Gasteiger charge is -2.16. The van der Waals surface area contributed by atoms with Crippen LogP contribution < -0.4 is 0 Å². The van der Waals surface area contributed by atoms with E-state index in [1.165, 1.54) is 0 Å². The number of carbonyl (C=O) groups is 2. The van der Waals surface area contributed by atoms with Crippen LogP contribution in [0.2, 0.25) is 0 Å². The first kappa shape index (κ1) is 13.4. The lowest BCUT2D eigenvalue weighted by Crippen LogP contribution is -2.27. The van der Waals surface area contributed by atoms with Gasteiger partial charge in [-0.25, -0.2) is 0 Å². The number of hydrogen-bond acceptors (Lipinski definition) is 3. The molecule has 2 aliphatic carbocycles. The molecule has 18 heavy (non-hydrogen) atoms. The van der Waals surface area contributed by atoms with Crippen LogP contribution in [0.3, 0.4) is 0 Å². The van der Waals surface area contributed by atoms with Gasteiger partial charge in [0.25, 0.3) is 0 Å². The van der Waals surface area contributed by atoms with Gasteiger partial charge >= 0.3 is 12.1 Å². The second-order valence-electron chi connectivity index (χ2n) is 4.93. The zero-order valence-electron chi connectivity index (χ0n) is 10.0. The monoisotopic (exact) mass is 264 g/mol. The van der Waals surface area contributed by atoms with Gasteiger partial charge < -0.3 is 4.74 Å². The van der Waals surface area contributed by atoms with Crippen molar-refractivity contribution in [2.75, 3.05) is 6.61 Å². The zero-order chi connectivity index (χ0) is 13.6. The Kier molecular flexibility index (Phi) is 3.15. The van der Waals surface area contributed by atoms with Gasteiger partial charge in [-0.15, -0.1) is 0 Å². The van der Waals surface area contributed by atoms with E-state index >= 15 is 0 Å². The number of Topliss-reactive ketones (excluding diaryl/α,β-unsaturated/α-hetero) is 1. The number of alkyl halides is 3. The fourth-order valence-electron chi connectivity index (χ4n) is 3.20. The first-order valence-corrected chi connectivity index (χ1v) is 6.12. The van der Waals surface area contributed by atoms with Crippen LogP contribution in [0.1, 0.15) is 32.6 Å².